The summed E-state index contributed by atoms with van der Waals surface area (Å²) in [7, 11) is 0. The third-order valence-corrected chi connectivity index (χ3v) is 4.06. The molecular formula is C15H23NO. The average molecular weight is 233 g/mol. The van der Waals surface area contributed by atoms with Gasteiger partial charge < -0.3 is 5.11 Å². The van der Waals surface area contributed by atoms with Crippen molar-refractivity contribution in [2.24, 2.45) is 5.41 Å². The van der Waals surface area contributed by atoms with E-state index < -0.39 is 0 Å². The predicted molar refractivity (Wildman–Crippen MR) is 70.9 cm³/mol. The molecule has 94 valence electrons. The van der Waals surface area contributed by atoms with E-state index in [9.17, 15) is 5.11 Å². The summed E-state index contributed by atoms with van der Waals surface area (Å²) in [6.07, 6.45) is 0.861. The summed E-state index contributed by atoms with van der Waals surface area (Å²) in [6, 6.07) is 8.50. The molecule has 1 fully saturated rings. The van der Waals surface area contributed by atoms with Gasteiger partial charge in [0.2, 0.25) is 0 Å². The molecule has 1 aliphatic rings. The van der Waals surface area contributed by atoms with Crippen molar-refractivity contribution in [3.05, 3.63) is 35.4 Å². The molecule has 0 saturated carbocycles. The van der Waals surface area contributed by atoms with Crippen molar-refractivity contribution < 1.29 is 5.11 Å². The van der Waals surface area contributed by atoms with Gasteiger partial charge in [-0.05, 0) is 36.4 Å². The normalized spacial score (nSPS) is 24.8. The van der Waals surface area contributed by atoms with Crippen LogP contribution < -0.4 is 0 Å². The highest BCUT2D eigenvalue weighted by Gasteiger charge is 2.33. The Hall–Kier alpha value is -0.860. The van der Waals surface area contributed by atoms with Gasteiger partial charge in [-0.25, -0.2) is 0 Å². The number of hydrogen-bond donors (Lipinski definition) is 1. The van der Waals surface area contributed by atoms with Crippen LogP contribution in [0.1, 0.15) is 31.4 Å². The van der Waals surface area contributed by atoms with Gasteiger partial charge in [0.05, 0.1) is 6.10 Å². The van der Waals surface area contributed by atoms with Gasteiger partial charge in [0.1, 0.15) is 0 Å². The highest BCUT2D eigenvalue weighted by molar-refractivity contribution is 5.25. The Morgan fingerprint density at radius 3 is 2.71 bits per heavy atom. The van der Waals surface area contributed by atoms with Crippen molar-refractivity contribution in [1.82, 2.24) is 4.90 Å². The number of hydrogen-bond acceptors (Lipinski definition) is 2. The van der Waals surface area contributed by atoms with Gasteiger partial charge in [-0.3, -0.25) is 4.90 Å². The van der Waals surface area contributed by atoms with Crippen molar-refractivity contribution in [3.8, 4) is 0 Å². The largest absolute Gasteiger partial charge is 0.391 e. The van der Waals surface area contributed by atoms with E-state index in [0.29, 0.717) is 0 Å². The minimum absolute atomic E-state index is 0.0717. The van der Waals surface area contributed by atoms with Crippen molar-refractivity contribution in [1.29, 1.82) is 0 Å². The Morgan fingerprint density at radius 1 is 1.35 bits per heavy atom. The van der Waals surface area contributed by atoms with Crippen LogP contribution >= 0.6 is 0 Å². The molecule has 1 atom stereocenters. The molecule has 2 heteroatoms. The van der Waals surface area contributed by atoms with E-state index in [1.807, 2.05) is 0 Å². The van der Waals surface area contributed by atoms with Crippen LogP contribution in [0.2, 0.25) is 0 Å². The van der Waals surface area contributed by atoms with Gasteiger partial charge in [-0.1, -0.05) is 38.1 Å². The third-order valence-electron chi connectivity index (χ3n) is 4.06. The van der Waals surface area contributed by atoms with Crippen LogP contribution in [0.15, 0.2) is 24.3 Å². The average Bonchev–Trinajstić information content (AvgIpc) is 2.27. The number of rotatable bonds is 2. The van der Waals surface area contributed by atoms with Gasteiger partial charge in [0.15, 0.2) is 0 Å². The molecule has 1 aliphatic heterocycles. The molecule has 1 heterocycles. The Bertz CT molecular complexity index is 386. The van der Waals surface area contributed by atoms with E-state index in [1.165, 1.54) is 11.1 Å². The molecule has 0 spiro atoms. The first-order valence-electron chi connectivity index (χ1n) is 6.44. The molecule has 2 nitrogen and oxygen atoms in total. The molecule has 1 saturated heterocycles. The zero-order valence-corrected chi connectivity index (χ0v) is 11.1. The Kier molecular flexibility index (Phi) is 3.55. The lowest BCUT2D eigenvalue weighted by Gasteiger charge is -2.41. The molecule has 0 amide bonds. The van der Waals surface area contributed by atoms with Crippen LogP contribution in [0.3, 0.4) is 0 Å². The second kappa shape index (κ2) is 4.79. The highest BCUT2D eigenvalue weighted by Crippen LogP contribution is 2.31. The number of aliphatic hydroxyl groups excluding tert-OH is 1. The van der Waals surface area contributed by atoms with Crippen molar-refractivity contribution in [2.75, 3.05) is 13.1 Å². The fourth-order valence-electron chi connectivity index (χ4n) is 2.37. The first-order valence-corrected chi connectivity index (χ1v) is 6.44. The summed E-state index contributed by atoms with van der Waals surface area (Å²) in [6.45, 7) is 9.30. The molecule has 1 N–H and O–H groups in total. The molecule has 2 rings (SSSR count). The maximum Gasteiger partial charge on any atom is 0.0718 e. The number of benzene rings is 1. The number of aliphatic hydroxyl groups is 1. The summed E-state index contributed by atoms with van der Waals surface area (Å²) in [5.41, 5.74) is 2.79. The molecule has 0 aromatic heterocycles. The Labute approximate surface area is 104 Å². The van der Waals surface area contributed by atoms with E-state index >= 15 is 0 Å². The van der Waals surface area contributed by atoms with Gasteiger partial charge in [-0.2, -0.15) is 0 Å². The van der Waals surface area contributed by atoms with Crippen LogP contribution in [-0.2, 0) is 6.54 Å². The molecule has 17 heavy (non-hydrogen) atoms. The van der Waals surface area contributed by atoms with Crippen LogP contribution in [0.4, 0.5) is 0 Å². The number of likely N-dealkylation sites (tertiary alicyclic amines) is 1. The lowest BCUT2D eigenvalue weighted by molar-refractivity contribution is -0.0278. The van der Waals surface area contributed by atoms with Gasteiger partial charge in [-0.15, -0.1) is 0 Å². The lowest BCUT2D eigenvalue weighted by Crippen LogP contribution is -2.47. The summed E-state index contributed by atoms with van der Waals surface area (Å²) in [5.74, 6) is 0. The maximum atomic E-state index is 10.1. The van der Waals surface area contributed by atoms with Gasteiger partial charge in [0.25, 0.3) is 0 Å². The predicted octanol–water partition coefficient (Wildman–Crippen LogP) is 2.59. The van der Waals surface area contributed by atoms with Crippen molar-refractivity contribution >= 4 is 0 Å². The third kappa shape index (κ3) is 2.88. The molecule has 0 radical (unpaired) electrons. The molecule has 1 unspecified atom stereocenters. The number of nitrogens with zero attached hydrogens (tertiary/aromatic N) is 1. The summed E-state index contributed by atoms with van der Waals surface area (Å²) < 4.78 is 0. The first kappa shape index (κ1) is 12.6. The van der Waals surface area contributed by atoms with E-state index in [-0.39, 0.29) is 11.5 Å². The summed E-state index contributed by atoms with van der Waals surface area (Å²) in [5, 5.41) is 10.1. The van der Waals surface area contributed by atoms with Crippen molar-refractivity contribution in [3.63, 3.8) is 0 Å². The second-order valence-corrected chi connectivity index (χ2v) is 5.92. The molecule has 1 aromatic carbocycles. The zero-order valence-electron chi connectivity index (χ0n) is 11.1. The minimum atomic E-state index is -0.208. The topological polar surface area (TPSA) is 23.5 Å². The monoisotopic (exact) mass is 233 g/mol. The molecule has 1 aromatic rings. The van der Waals surface area contributed by atoms with E-state index in [1.54, 1.807) is 0 Å². The zero-order chi connectivity index (χ0) is 12.5. The molecule has 0 bridgehead atoms. The van der Waals surface area contributed by atoms with E-state index in [4.69, 9.17) is 0 Å². The quantitative estimate of drug-likeness (QED) is 0.848. The van der Waals surface area contributed by atoms with Crippen molar-refractivity contribution in [2.45, 2.75) is 39.8 Å². The Balaban J connectivity index is 2.00. The lowest BCUT2D eigenvalue weighted by atomic mass is 9.80. The summed E-state index contributed by atoms with van der Waals surface area (Å²) >= 11 is 0. The van der Waals surface area contributed by atoms with E-state index in [0.717, 1.165) is 26.1 Å². The fraction of sp³-hybridized carbons (Fsp3) is 0.600. The Morgan fingerprint density at radius 2 is 2.06 bits per heavy atom. The minimum Gasteiger partial charge on any atom is -0.391 e. The molecular weight excluding hydrogens is 210 g/mol. The standard InChI is InChI=1S/C15H23NO/c1-12-6-4-5-7-13(12)10-16-9-8-15(2,3)14(17)11-16/h4-7,14,17H,8-11H2,1-3H3. The van der Waals surface area contributed by atoms with Gasteiger partial charge in [0, 0.05) is 13.1 Å². The van der Waals surface area contributed by atoms with E-state index in [2.05, 4.69) is 49.9 Å². The SMILES string of the molecule is Cc1ccccc1CN1CCC(C)(C)C(O)C1. The van der Waals surface area contributed by atoms with Crippen LogP contribution in [0.25, 0.3) is 0 Å². The highest BCUT2D eigenvalue weighted by atomic mass is 16.3. The molecule has 0 aliphatic carbocycles. The first-order chi connectivity index (χ1) is 7.99. The summed E-state index contributed by atoms with van der Waals surface area (Å²) in [4.78, 5) is 2.36. The smallest absolute Gasteiger partial charge is 0.0718 e. The number of β-amino-alcohol motifs (C(OH)–C–C–N with tert-alkyl or cyclic N) is 1. The second-order valence-electron chi connectivity index (χ2n) is 5.92. The number of piperidine rings is 1. The van der Waals surface area contributed by atoms with Crippen LogP contribution in [0, 0.1) is 12.3 Å². The fourth-order valence-corrected chi connectivity index (χ4v) is 2.37. The van der Waals surface area contributed by atoms with Crippen LogP contribution in [0.5, 0.6) is 0 Å². The van der Waals surface area contributed by atoms with Gasteiger partial charge >= 0.3 is 0 Å². The number of aryl methyl sites for hydroxylation is 1. The van der Waals surface area contributed by atoms with Crippen LogP contribution in [-0.4, -0.2) is 29.2 Å². The maximum absolute atomic E-state index is 10.1.